The number of benzene rings is 3. The van der Waals surface area contributed by atoms with Gasteiger partial charge in [-0.3, -0.25) is 9.10 Å². The van der Waals surface area contributed by atoms with Gasteiger partial charge in [-0.1, -0.05) is 18.2 Å². The molecule has 0 aliphatic carbocycles. The van der Waals surface area contributed by atoms with Crippen LogP contribution in [0.3, 0.4) is 0 Å². The van der Waals surface area contributed by atoms with E-state index in [-0.39, 0.29) is 16.1 Å². The van der Waals surface area contributed by atoms with Crippen molar-refractivity contribution < 1.29 is 31.9 Å². The minimum atomic E-state index is -3.99. The molecule has 3 aromatic carbocycles. The maximum Gasteiger partial charge on any atom is 0.338 e. The van der Waals surface area contributed by atoms with Crippen LogP contribution in [0.5, 0.6) is 5.75 Å². The molecular formula is C24H23FN2O6S. The van der Waals surface area contributed by atoms with Crippen molar-refractivity contribution in [1.29, 1.82) is 0 Å². The van der Waals surface area contributed by atoms with Gasteiger partial charge >= 0.3 is 5.97 Å². The van der Waals surface area contributed by atoms with Gasteiger partial charge in [0.15, 0.2) is 6.10 Å². The Morgan fingerprint density at radius 2 is 1.68 bits per heavy atom. The number of hydrogen-bond donors (Lipinski definition) is 1. The molecule has 1 atom stereocenters. The lowest BCUT2D eigenvalue weighted by Crippen LogP contribution is -2.30. The third kappa shape index (κ3) is 5.52. The molecule has 3 rings (SSSR count). The number of carbonyl (C=O) groups excluding carboxylic acids is 2. The summed E-state index contributed by atoms with van der Waals surface area (Å²) in [7, 11) is -1.10. The van der Waals surface area contributed by atoms with Gasteiger partial charge < -0.3 is 14.8 Å². The molecule has 8 nitrogen and oxygen atoms in total. The molecule has 0 bridgehead atoms. The zero-order valence-corrected chi connectivity index (χ0v) is 19.5. The van der Waals surface area contributed by atoms with Crippen LogP contribution in [0.1, 0.15) is 17.3 Å². The van der Waals surface area contributed by atoms with Crippen LogP contribution in [0, 0.1) is 5.82 Å². The van der Waals surface area contributed by atoms with Crippen molar-refractivity contribution in [1.82, 2.24) is 0 Å². The number of esters is 1. The van der Waals surface area contributed by atoms with E-state index >= 15 is 0 Å². The molecule has 34 heavy (non-hydrogen) atoms. The third-order valence-corrected chi connectivity index (χ3v) is 6.73. The van der Waals surface area contributed by atoms with Crippen molar-refractivity contribution in [3.63, 3.8) is 0 Å². The summed E-state index contributed by atoms with van der Waals surface area (Å²) in [5, 5.41) is 2.34. The minimum absolute atomic E-state index is 0.0509. The van der Waals surface area contributed by atoms with E-state index in [2.05, 4.69) is 5.32 Å². The summed E-state index contributed by atoms with van der Waals surface area (Å²) in [5.41, 5.74) is 0.284. The number of anilines is 2. The van der Waals surface area contributed by atoms with Crippen LogP contribution in [0.15, 0.2) is 77.7 Å². The van der Waals surface area contributed by atoms with Crippen LogP contribution in [-0.4, -0.2) is 40.6 Å². The number of methoxy groups -OCH3 is 1. The van der Waals surface area contributed by atoms with Crippen molar-refractivity contribution in [3.8, 4) is 5.75 Å². The molecule has 0 heterocycles. The van der Waals surface area contributed by atoms with Crippen molar-refractivity contribution in [3.05, 3.63) is 84.2 Å². The second kappa shape index (κ2) is 10.3. The zero-order valence-electron chi connectivity index (χ0n) is 18.7. The van der Waals surface area contributed by atoms with Crippen molar-refractivity contribution in [2.24, 2.45) is 0 Å². The lowest BCUT2D eigenvalue weighted by molar-refractivity contribution is -0.123. The molecule has 0 spiro atoms. The maximum absolute atomic E-state index is 13.7. The SMILES string of the molecule is COc1ccc(N(C)S(=O)(=O)c2cccc(C(=O)O[C@@H](C)C(=O)Nc3ccccc3F)c2)cc1. The minimum Gasteiger partial charge on any atom is -0.497 e. The molecule has 0 saturated heterocycles. The summed E-state index contributed by atoms with van der Waals surface area (Å²) >= 11 is 0. The maximum atomic E-state index is 13.7. The highest BCUT2D eigenvalue weighted by Gasteiger charge is 2.24. The Hall–Kier alpha value is -3.92. The number of para-hydroxylation sites is 1. The van der Waals surface area contributed by atoms with Gasteiger partial charge in [-0.2, -0.15) is 0 Å². The number of sulfonamides is 1. The summed E-state index contributed by atoms with van der Waals surface area (Å²) in [6.45, 7) is 1.33. The van der Waals surface area contributed by atoms with Gasteiger partial charge in [0.2, 0.25) is 0 Å². The quantitative estimate of drug-likeness (QED) is 0.486. The highest BCUT2D eigenvalue weighted by Crippen LogP contribution is 2.25. The Morgan fingerprint density at radius 3 is 2.32 bits per heavy atom. The van der Waals surface area contributed by atoms with E-state index in [4.69, 9.17) is 9.47 Å². The monoisotopic (exact) mass is 486 g/mol. The van der Waals surface area contributed by atoms with Gasteiger partial charge in [-0.15, -0.1) is 0 Å². The average Bonchev–Trinajstić information content (AvgIpc) is 2.85. The van der Waals surface area contributed by atoms with Gasteiger partial charge in [0, 0.05) is 7.05 Å². The summed E-state index contributed by atoms with van der Waals surface area (Å²) in [6.07, 6.45) is -1.26. The molecule has 0 unspecified atom stereocenters. The van der Waals surface area contributed by atoms with E-state index in [9.17, 15) is 22.4 Å². The number of carbonyl (C=O) groups is 2. The smallest absolute Gasteiger partial charge is 0.338 e. The first kappa shape index (κ1) is 24.7. The van der Waals surface area contributed by atoms with Crippen molar-refractivity contribution in [2.45, 2.75) is 17.9 Å². The van der Waals surface area contributed by atoms with E-state index < -0.39 is 33.8 Å². The van der Waals surface area contributed by atoms with Crippen LogP contribution >= 0.6 is 0 Å². The Kier molecular flexibility index (Phi) is 7.52. The normalized spacial score (nSPS) is 11.9. The number of nitrogens with one attached hydrogen (secondary N) is 1. The van der Waals surface area contributed by atoms with Gasteiger partial charge in [0.05, 0.1) is 28.9 Å². The molecule has 0 aromatic heterocycles. The summed E-state index contributed by atoms with van der Waals surface area (Å²) in [6, 6.07) is 17.3. The molecule has 1 amide bonds. The molecule has 0 aliphatic rings. The fraction of sp³-hybridized carbons (Fsp3) is 0.167. The second-order valence-corrected chi connectivity index (χ2v) is 9.18. The first-order chi connectivity index (χ1) is 16.1. The largest absolute Gasteiger partial charge is 0.497 e. The van der Waals surface area contributed by atoms with Crippen LogP contribution < -0.4 is 14.4 Å². The number of amides is 1. The van der Waals surface area contributed by atoms with E-state index in [1.165, 1.54) is 63.5 Å². The topological polar surface area (TPSA) is 102 Å². The van der Waals surface area contributed by atoms with E-state index in [0.717, 1.165) is 4.31 Å². The van der Waals surface area contributed by atoms with Gasteiger partial charge in [0.25, 0.3) is 15.9 Å². The molecule has 0 aliphatic heterocycles. The highest BCUT2D eigenvalue weighted by molar-refractivity contribution is 7.92. The lowest BCUT2D eigenvalue weighted by Gasteiger charge is -2.20. The second-order valence-electron chi connectivity index (χ2n) is 7.22. The Labute approximate surface area is 197 Å². The molecule has 178 valence electrons. The number of nitrogens with zero attached hydrogens (tertiary/aromatic N) is 1. The summed E-state index contributed by atoms with van der Waals surface area (Å²) in [4.78, 5) is 24.7. The Morgan fingerprint density at radius 1 is 1.00 bits per heavy atom. The standard InChI is InChI=1S/C24H23FN2O6S/c1-16(23(28)26-22-10-5-4-9-21(22)25)33-24(29)17-7-6-8-20(15-17)34(30,31)27(2)18-11-13-19(32-3)14-12-18/h4-16H,1-3H3,(H,26,28)/t16-/m0/s1. The number of rotatable bonds is 8. The third-order valence-electron chi connectivity index (χ3n) is 4.95. The zero-order chi connectivity index (χ0) is 24.9. The number of ether oxygens (including phenoxy) is 2. The molecule has 3 aromatic rings. The fourth-order valence-electron chi connectivity index (χ4n) is 2.95. The van der Waals surface area contributed by atoms with E-state index in [1.807, 2.05) is 0 Å². The predicted octanol–water partition coefficient (Wildman–Crippen LogP) is 3.84. The van der Waals surface area contributed by atoms with Gasteiger partial charge in [0.1, 0.15) is 11.6 Å². The average molecular weight is 487 g/mol. The fourth-order valence-corrected chi connectivity index (χ4v) is 4.19. The molecule has 10 heteroatoms. The first-order valence-electron chi connectivity index (χ1n) is 10.1. The summed E-state index contributed by atoms with van der Waals surface area (Å²) in [5.74, 6) is -1.69. The molecule has 1 N–H and O–H groups in total. The summed E-state index contributed by atoms with van der Waals surface area (Å²) < 4.78 is 51.2. The lowest BCUT2D eigenvalue weighted by atomic mass is 10.2. The Bertz CT molecular complexity index is 1290. The molecule has 0 radical (unpaired) electrons. The van der Waals surface area contributed by atoms with Crippen LogP contribution in [-0.2, 0) is 19.6 Å². The molecular weight excluding hydrogens is 463 g/mol. The predicted molar refractivity (Wildman–Crippen MR) is 125 cm³/mol. The van der Waals surface area contributed by atoms with Gasteiger partial charge in [-0.05, 0) is 61.5 Å². The van der Waals surface area contributed by atoms with Crippen molar-refractivity contribution >= 4 is 33.3 Å². The van der Waals surface area contributed by atoms with Crippen LogP contribution in [0.2, 0.25) is 0 Å². The van der Waals surface area contributed by atoms with Crippen LogP contribution in [0.4, 0.5) is 15.8 Å². The highest BCUT2D eigenvalue weighted by atomic mass is 32.2. The first-order valence-corrected chi connectivity index (χ1v) is 11.6. The van der Waals surface area contributed by atoms with Crippen molar-refractivity contribution in [2.75, 3.05) is 23.8 Å². The van der Waals surface area contributed by atoms with E-state index in [0.29, 0.717) is 11.4 Å². The van der Waals surface area contributed by atoms with Crippen LogP contribution in [0.25, 0.3) is 0 Å². The molecule has 0 saturated carbocycles. The number of hydrogen-bond acceptors (Lipinski definition) is 6. The number of halogens is 1. The van der Waals surface area contributed by atoms with E-state index in [1.54, 1.807) is 30.3 Å². The Balaban J connectivity index is 1.73. The van der Waals surface area contributed by atoms with Gasteiger partial charge in [-0.25, -0.2) is 17.6 Å². The molecule has 0 fully saturated rings.